The Hall–Kier alpha value is -3.25. The van der Waals surface area contributed by atoms with Crippen LogP contribution in [-0.2, 0) is 11.3 Å². The molecule has 0 unspecified atom stereocenters. The zero-order valence-corrected chi connectivity index (χ0v) is 13.6. The number of carbonyl (C=O) groups excluding carboxylic acids is 1. The lowest BCUT2D eigenvalue weighted by Gasteiger charge is -2.11. The summed E-state index contributed by atoms with van der Waals surface area (Å²) in [4.78, 5) is 28.4. The summed E-state index contributed by atoms with van der Waals surface area (Å²) in [5.41, 5.74) is 3.73. The molecular weight excluding hydrogens is 318 g/mol. The van der Waals surface area contributed by atoms with Crippen molar-refractivity contribution in [2.24, 2.45) is 0 Å². The van der Waals surface area contributed by atoms with Crippen molar-refractivity contribution in [2.75, 3.05) is 0 Å². The van der Waals surface area contributed by atoms with Crippen LogP contribution in [0.3, 0.4) is 0 Å². The number of hydroxylamine groups is 1. The standard InChI is InChI=1S/C19H17N3O3/c1-13-20-17-11-14(8-10-18(23)21-25)7-9-16(17)19(24)22(13)12-15-5-3-2-4-6-15/h2-11,25H,12H2,1H3,(H,21,23). The Labute approximate surface area is 144 Å². The Morgan fingerprint density at radius 1 is 1.24 bits per heavy atom. The summed E-state index contributed by atoms with van der Waals surface area (Å²) in [6.07, 6.45) is 2.74. The van der Waals surface area contributed by atoms with Crippen molar-refractivity contribution in [1.82, 2.24) is 15.0 Å². The molecule has 0 saturated heterocycles. The van der Waals surface area contributed by atoms with Crippen LogP contribution < -0.4 is 11.0 Å². The molecule has 0 spiro atoms. The average Bonchev–Trinajstić information content (AvgIpc) is 2.63. The Morgan fingerprint density at radius 3 is 2.72 bits per heavy atom. The highest BCUT2D eigenvalue weighted by Crippen LogP contribution is 2.13. The molecule has 6 heteroatoms. The van der Waals surface area contributed by atoms with E-state index in [1.807, 2.05) is 30.3 Å². The number of carbonyl (C=O) groups is 1. The molecule has 1 amide bonds. The van der Waals surface area contributed by atoms with Crippen LogP contribution in [0.1, 0.15) is 17.0 Å². The lowest BCUT2D eigenvalue weighted by Crippen LogP contribution is -2.24. The maximum Gasteiger partial charge on any atom is 0.267 e. The Balaban J connectivity index is 2.01. The van der Waals surface area contributed by atoms with E-state index in [1.54, 1.807) is 29.7 Å². The van der Waals surface area contributed by atoms with Gasteiger partial charge < -0.3 is 0 Å². The molecule has 1 aromatic heterocycles. The molecule has 1 heterocycles. The third-order valence-corrected chi connectivity index (χ3v) is 3.89. The van der Waals surface area contributed by atoms with E-state index >= 15 is 0 Å². The second kappa shape index (κ2) is 7.11. The van der Waals surface area contributed by atoms with Crippen molar-refractivity contribution >= 4 is 22.9 Å². The van der Waals surface area contributed by atoms with Crippen LogP contribution in [0.4, 0.5) is 0 Å². The number of hydrogen-bond donors (Lipinski definition) is 2. The van der Waals surface area contributed by atoms with Crippen molar-refractivity contribution in [3.8, 4) is 0 Å². The summed E-state index contributed by atoms with van der Waals surface area (Å²) in [5.74, 6) is -0.00176. The summed E-state index contributed by atoms with van der Waals surface area (Å²) in [5, 5.41) is 9.02. The van der Waals surface area contributed by atoms with Crippen LogP contribution in [0, 0.1) is 6.92 Å². The van der Waals surface area contributed by atoms with E-state index in [9.17, 15) is 9.59 Å². The molecule has 0 atom stereocenters. The highest BCUT2D eigenvalue weighted by Gasteiger charge is 2.09. The minimum Gasteiger partial charge on any atom is -0.292 e. The second-order valence-electron chi connectivity index (χ2n) is 5.62. The van der Waals surface area contributed by atoms with Crippen LogP contribution in [0.2, 0.25) is 0 Å². The minimum atomic E-state index is -0.623. The van der Waals surface area contributed by atoms with E-state index < -0.39 is 5.91 Å². The van der Waals surface area contributed by atoms with Gasteiger partial charge in [-0.25, -0.2) is 10.5 Å². The summed E-state index contributed by atoms with van der Waals surface area (Å²) >= 11 is 0. The lowest BCUT2D eigenvalue weighted by atomic mass is 10.1. The maximum atomic E-state index is 12.8. The van der Waals surface area contributed by atoms with Gasteiger partial charge in [-0.2, -0.15) is 0 Å². The van der Waals surface area contributed by atoms with E-state index in [4.69, 9.17) is 5.21 Å². The van der Waals surface area contributed by atoms with Crippen LogP contribution in [0.5, 0.6) is 0 Å². The average molecular weight is 335 g/mol. The highest BCUT2D eigenvalue weighted by atomic mass is 16.5. The predicted molar refractivity (Wildman–Crippen MR) is 95.2 cm³/mol. The van der Waals surface area contributed by atoms with Crippen molar-refractivity contribution in [3.63, 3.8) is 0 Å². The van der Waals surface area contributed by atoms with Gasteiger partial charge in [0.1, 0.15) is 5.82 Å². The van der Waals surface area contributed by atoms with Crippen molar-refractivity contribution in [2.45, 2.75) is 13.5 Å². The molecule has 2 N–H and O–H groups in total. The third-order valence-electron chi connectivity index (χ3n) is 3.89. The van der Waals surface area contributed by atoms with Crippen LogP contribution in [0.15, 0.2) is 59.4 Å². The first-order valence-electron chi connectivity index (χ1n) is 7.76. The van der Waals surface area contributed by atoms with Gasteiger partial charge in [0.2, 0.25) is 0 Å². The van der Waals surface area contributed by atoms with Crippen LogP contribution in [-0.4, -0.2) is 20.7 Å². The van der Waals surface area contributed by atoms with Gasteiger partial charge in [-0.05, 0) is 36.3 Å². The molecule has 3 aromatic rings. The molecule has 2 aromatic carbocycles. The molecule has 0 bridgehead atoms. The van der Waals surface area contributed by atoms with Gasteiger partial charge in [-0.1, -0.05) is 36.4 Å². The summed E-state index contributed by atoms with van der Waals surface area (Å²) in [7, 11) is 0. The minimum absolute atomic E-state index is 0.102. The number of hydrogen-bond acceptors (Lipinski definition) is 4. The first kappa shape index (κ1) is 16.6. The summed E-state index contributed by atoms with van der Waals surface area (Å²) < 4.78 is 1.65. The van der Waals surface area contributed by atoms with Gasteiger partial charge in [0.25, 0.3) is 11.5 Å². The topological polar surface area (TPSA) is 84.2 Å². The third kappa shape index (κ3) is 3.64. The Kier molecular flexibility index (Phi) is 4.72. The van der Waals surface area contributed by atoms with Crippen molar-refractivity contribution in [1.29, 1.82) is 0 Å². The molecule has 0 fully saturated rings. The normalized spacial score (nSPS) is 11.1. The van der Waals surface area contributed by atoms with Crippen molar-refractivity contribution in [3.05, 3.63) is 81.9 Å². The first-order valence-corrected chi connectivity index (χ1v) is 7.76. The number of nitrogens with one attached hydrogen (secondary N) is 1. The number of fused-ring (bicyclic) bond motifs is 1. The monoisotopic (exact) mass is 335 g/mol. The van der Waals surface area contributed by atoms with Gasteiger partial charge in [-0.3, -0.25) is 19.4 Å². The molecular formula is C19H17N3O3. The smallest absolute Gasteiger partial charge is 0.267 e. The molecule has 0 radical (unpaired) electrons. The van der Waals surface area contributed by atoms with E-state index in [2.05, 4.69) is 4.98 Å². The largest absolute Gasteiger partial charge is 0.292 e. The quantitative estimate of drug-likeness (QED) is 0.435. The summed E-state index contributed by atoms with van der Waals surface area (Å²) in [6, 6.07) is 14.9. The van der Waals surface area contributed by atoms with Gasteiger partial charge in [0, 0.05) is 6.08 Å². The molecule has 0 aliphatic heterocycles. The number of amides is 1. The number of benzene rings is 2. The molecule has 25 heavy (non-hydrogen) atoms. The SMILES string of the molecule is Cc1nc2cc(C=CC(=O)NO)ccc2c(=O)n1Cc1ccccc1. The lowest BCUT2D eigenvalue weighted by molar-refractivity contribution is -0.124. The number of rotatable bonds is 4. The number of aryl methyl sites for hydroxylation is 1. The van der Waals surface area contributed by atoms with Crippen LogP contribution in [0.25, 0.3) is 17.0 Å². The number of aromatic nitrogens is 2. The first-order chi connectivity index (χ1) is 12.1. The van der Waals surface area contributed by atoms with E-state index in [0.717, 1.165) is 5.56 Å². The van der Waals surface area contributed by atoms with Gasteiger partial charge in [-0.15, -0.1) is 0 Å². The van der Waals surface area contributed by atoms with Gasteiger partial charge >= 0.3 is 0 Å². The predicted octanol–water partition coefficient (Wildman–Crippen LogP) is 2.27. The highest BCUT2D eigenvalue weighted by molar-refractivity contribution is 5.91. The van der Waals surface area contributed by atoms with E-state index in [1.165, 1.54) is 17.6 Å². The fourth-order valence-corrected chi connectivity index (χ4v) is 2.61. The van der Waals surface area contributed by atoms with Crippen LogP contribution >= 0.6 is 0 Å². The van der Waals surface area contributed by atoms with Crippen molar-refractivity contribution < 1.29 is 10.0 Å². The molecule has 0 saturated carbocycles. The molecule has 0 aliphatic carbocycles. The Bertz CT molecular complexity index is 1010. The zero-order chi connectivity index (χ0) is 17.8. The fourth-order valence-electron chi connectivity index (χ4n) is 2.61. The molecule has 0 aliphatic rings. The van der Waals surface area contributed by atoms with Gasteiger partial charge in [0.15, 0.2) is 0 Å². The van der Waals surface area contributed by atoms with Gasteiger partial charge in [0.05, 0.1) is 17.4 Å². The van der Waals surface area contributed by atoms with E-state index in [-0.39, 0.29) is 5.56 Å². The molecule has 3 rings (SSSR count). The molecule has 126 valence electrons. The molecule has 6 nitrogen and oxygen atoms in total. The van der Waals surface area contributed by atoms with E-state index in [0.29, 0.717) is 28.8 Å². The zero-order valence-electron chi connectivity index (χ0n) is 13.6. The Morgan fingerprint density at radius 2 is 2.00 bits per heavy atom. The fraction of sp³-hybridized carbons (Fsp3) is 0.105. The number of nitrogens with zero attached hydrogens (tertiary/aromatic N) is 2. The maximum absolute atomic E-state index is 12.8. The second-order valence-corrected chi connectivity index (χ2v) is 5.62. The summed E-state index contributed by atoms with van der Waals surface area (Å²) in [6.45, 7) is 2.26.